The lowest BCUT2D eigenvalue weighted by atomic mass is 10.1. The van der Waals surface area contributed by atoms with Crippen molar-refractivity contribution in [3.05, 3.63) is 71.5 Å². The number of anilines is 1. The molecular formula is C23H29N5O2. The Labute approximate surface area is 177 Å². The molecule has 158 valence electrons. The van der Waals surface area contributed by atoms with Crippen molar-refractivity contribution in [2.45, 2.75) is 19.9 Å². The summed E-state index contributed by atoms with van der Waals surface area (Å²) in [6, 6.07) is 17.3. The van der Waals surface area contributed by atoms with Gasteiger partial charge in [-0.3, -0.25) is 0 Å². The van der Waals surface area contributed by atoms with Gasteiger partial charge in [0.05, 0.1) is 24.5 Å². The molecule has 0 fully saturated rings. The Bertz CT molecular complexity index is 1010. The van der Waals surface area contributed by atoms with E-state index in [1.807, 2.05) is 87.2 Å². The first-order valence-corrected chi connectivity index (χ1v) is 9.86. The van der Waals surface area contributed by atoms with Crippen molar-refractivity contribution in [1.82, 2.24) is 20.0 Å². The third-order valence-electron chi connectivity index (χ3n) is 4.92. The summed E-state index contributed by atoms with van der Waals surface area (Å²) in [5, 5.41) is 10.4. The maximum absolute atomic E-state index is 12.5. The predicted molar refractivity (Wildman–Crippen MR) is 119 cm³/mol. The topological polar surface area (TPSA) is 71.4 Å². The van der Waals surface area contributed by atoms with Crippen LogP contribution in [-0.2, 0) is 0 Å². The van der Waals surface area contributed by atoms with Gasteiger partial charge in [-0.05, 0) is 69.9 Å². The second kappa shape index (κ2) is 9.45. The first kappa shape index (κ1) is 21.4. The number of benzene rings is 2. The molecule has 30 heavy (non-hydrogen) atoms. The second-order valence-corrected chi connectivity index (χ2v) is 7.48. The van der Waals surface area contributed by atoms with E-state index in [9.17, 15) is 4.79 Å². The number of hydrogen-bond acceptors (Lipinski definition) is 4. The Morgan fingerprint density at radius 2 is 1.90 bits per heavy atom. The Kier molecular flexibility index (Phi) is 6.74. The first-order valence-electron chi connectivity index (χ1n) is 9.86. The third kappa shape index (κ3) is 5.18. The molecule has 7 nitrogen and oxygen atoms in total. The summed E-state index contributed by atoms with van der Waals surface area (Å²) in [6.45, 7) is 4.43. The smallest absolute Gasteiger partial charge is 0.319 e. The fourth-order valence-electron chi connectivity index (χ4n) is 3.42. The van der Waals surface area contributed by atoms with E-state index in [1.54, 1.807) is 7.11 Å². The quantitative estimate of drug-likeness (QED) is 0.623. The summed E-state index contributed by atoms with van der Waals surface area (Å²) >= 11 is 0. The largest absolute Gasteiger partial charge is 0.497 e. The van der Waals surface area contributed by atoms with Crippen molar-refractivity contribution in [3.8, 4) is 11.4 Å². The van der Waals surface area contributed by atoms with Gasteiger partial charge in [0, 0.05) is 17.9 Å². The van der Waals surface area contributed by atoms with Gasteiger partial charge in [0.2, 0.25) is 0 Å². The zero-order chi connectivity index (χ0) is 21.7. The highest BCUT2D eigenvalue weighted by Crippen LogP contribution is 2.22. The van der Waals surface area contributed by atoms with Crippen molar-refractivity contribution in [2.75, 3.05) is 33.1 Å². The van der Waals surface area contributed by atoms with Crippen LogP contribution in [0.2, 0.25) is 0 Å². The molecule has 0 bridgehead atoms. The van der Waals surface area contributed by atoms with E-state index in [0.29, 0.717) is 12.2 Å². The fourth-order valence-corrected chi connectivity index (χ4v) is 3.42. The predicted octanol–water partition coefficient (Wildman–Crippen LogP) is 3.92. The Morgan fingerprint density at radius 3 is 2.57 bits per heavy atom. The lowest BCUT2D eigenvalue weighted by Crippen LogP contribution is -2.36. The summed E-state index contributed by atoms with van der Waals surface area (Å²) in [6.07, 6.45) is 0. The molecule has 1 heterocycles. The molecule has 0 aliphatic heterocycles. The van der Waals surface area contributed by atoms with Gasteiger partial charge in [0.15, 0.2) is 0 Å². The molecule has 1 aromatic heterocycles. The average molecular weight is 408 g/mol. The van der Waals surface area contributed by atoms with Crippen molar-refractivity contribution in [1.29, 1.82) is 0 Å². The molecule has 2 aromatic carbocycles. The van der Waals surface area contributed by atoms with Crippen LogP contribution in [-0.4, -0.2) is 48.5 Å². The molecule has 1 atom stereocenters. The number of hydrogen-bond donors (Lipinski definition) is 2. The van der Waals surface area contributed by atoms with E-state index < -0.39 is 0 Å². The number of carbonyl (C=O) groups excluding carboxylic acids is 1. The molecule has 0 aliphatic rings. The number of carbonyl (C=O) groups is 1. The lowest BCUT2D eigenvalue weighted by molar-refractivity contribution is 0.243. The van der Waals surface area contributed by atoms with Gasteiger partial charge in [-0.15, -0.1) is 0 Å². The van der Waals surface area contributed by atoms with Gasteiger partial charge in [-0.2, -0.15) is 5.10 Å². The number of nitrogens with zero attached hydrogens (tertiary/aromatic N) is 3. The highest BCUT2D eigenvalue weighted by atomic mass is 16.5. The average Bonchev–Trinajstić information content (AvgIpc) is 3.06. The van der Waals surface area contributed by atoms with Gasteiger partial charge in [0.1, 0.15) is 5.75 Å². The van der Waals surface area contributed by atoms with Crippen molar-refractivity contribution < 1.29 is 9.53 Å². The molecule has 2 N–H and O–H groups in total. The molecule has 0 radical (unpaired) electrons. The van der Waals surface area contributed by atoms with Crippen LogP contribution in [0.25, 0.3) is 5.69 Å². The number of nitrogens with one attached hydrogen (secondary N) is 2. The van der Waals surface area contributed by atoms with E-state index in [2.05, 4.69) is 20.6 Å². The minimum absolute atomic E-state index is 0.0203. The number of aromatic nitrogens is 2. The number of aryl methyl sites for hydroxylation is 2. The first-order chi connectivity index (χ1) is 14.4. The molecule has 0 aliphatic carbocycles. The molecule has 0 spiro atoms. The summed E-state index contributed by atoms with van der Waals surface area (Å²) in [5.41, 5.74) is 4.68. The van der Waals surface area contributed by atoms with Crippen LogP contribution < -0.4 is 15.4 Å². The van der Waals surface area contributed by atoms with Gasteiger partial charge in [-0.25, -0.2) is 9.48 Å². The standard InChI is InChI=1S/C23H29N5O2/c1-16-12-17(2)28(26-16)20-10-7-9-19(14-20)25-23(29)24-15-22(27(3)4)18-8-6-11-21(13-18)30-5/h6-14,22H,15H2,1-5H3,(H2,24,25,29). The number of methoxy groups -OCH3 is 1. The minimum atomic E-state index is -0.254. The van der Waals surface area contributed by atoms with Crippen molar-refractivity contribution in [3.63, 3.8) is 0 Å². The van der Waals surface area contributed by atoms with Gasteiger partial charge < -0.3 is 20.3 Å². The van der Waals surface area contributed by atoms with E-state index >= 15 is 0 Å². The van der Waals surface area contributed by atoms with Crippen LogP contribution >= 0.6 is 0 Å². The number of amides is 2. The molecule has 2 amide bonds. The third-order valence-corrected chi connectivity index (χ3v) is 4.92. The molecular weight excluding hydrogens is 378 g/mol. The lowest BCUT2D eigenvalue weighted by Gasteiger charge is -2.25. The Morgan fingerprint density at radius 1 is 1.13 bits per heavy atom. The monoisotopic (exact) mass is 407 g/mol. The number of likely N-dealkylation sites (N-methyl/N-ethyl adjacent to an activating group) is 1. The number of urea groups is 1. The summed E-state index contributed by atoms with van der Waals surface area (Å²) in [7, 11) is 5.62. The van der Waals surface area contributed by atoms with Crippen LogP contribution in [0.5, 0.6) is 5.75 Å². The number of ether oxygens (including phenoxy) is 1. The fraction of sp³-hybridized carbons (Fsp3) is 0.304. The normalized spacial score (nSPS) is 11.9. The van der Waals surface area contributed by atoms with E-state index in [-0.39, 0.29) is 12.1 Å². The van der Waals surface area contributed by atoms with E-state index in [0.717, 1.165) is 28.4 Å². The second-order valence-electron chi connectivity index (χ2n) is 7.48. The summed E-state index contributed by atoms with van der Waals surface area (Å²) in [4.78, 5) is 14.6. The summed E-state index contributed by atoms with van der Waals surface area (Å²) in [5.74, 6) is 0.796. The Balaban J connectivity index is 1.66. The maximum atomic E-state index is 12.5. The highest BCUT2D eigenvalue weighted by molar-refractivity contribution is 5.89. The van der Waals surface area contributed by atoms with Crippen LogP contribution in [0.4, 0.5) is 10.5 Å². The van der Waals surface area contributed by atoms with Gasteiger partial charge in [-0.1, -0.05) is 18.2 Å². The van der Waals surface area contributed by atoms with Gasteiger partial charge >= 0.3 is 6.03 Å². The molecule has 0 saturated carbocycles. The maximum Gasteiger partial charge on any atom is 0.319 e. The van der Waals surface area contributed by atoms with Crippen LogP contribution in [0.15, 0.2) is 54.6 Å². The molecule has 1 unspecified atom stereocenters. The zero-order valence-electron chi connectivity index (χ0n) is 18.1. The molecule has 7 heteroatoms. The van der Waals surface area contributed by atoms with Crippen molar-refractivity contribution >= 4 is 11.7 Å². The van der Waals surface area contributed by atoms with E-state index in [1.165, 1.54) is 0 Å². The minimum Gasteiger partial charge on any atom is -0.497 e. The number of rotatable bonds is 7. The van der Waals surface area contributed by atoms with Crippen LogP contribution in [0.1, 0.15) is 23.0 Å². The van der Waals surface area contributed by atoms with Crippen molar-refractivity contribution in [2.24, 2.45) is 0 Å². The van der Waals surface area contributed by atoms with Gasteiger partial charge in [0.25, 0.3) is 0 Å². The van der Waals surface area contributed by atoms with Crippen LogP contribution in [0, 0.1) is 13.8 Å². The summed E-state index contributed by atoms with van der Waals surface area (Å²) < 4.78 is 7.19. The molecule has 3 aromatic rings. The Hall–Kier alpha value is -3.32. The van der Waals surface area contributed by atoms with E-state index in [4.69, 9.17) is 4.74 Å². The molecule has 0 saturated heterocycles. The highest BCUT2D eigenvalue weighted by Gasteiger charge is 2.16. The molecule has 3 rings (SSSR count). The SMILES string of the molecule is COc1cccc(C(CNC(=O)Nc2cccc(-n3nc(C)cc3C)c2)N(C)C)c1. The van der Waals surface area contributed by atoms with Crippen LogP contribution in [0.3, 0.4) is 0 Å². The zero-order valence-corrected chi connectivity index (χ0v) is 18.1.